The second-order valence-corrected chi connectivity index (χ2v) is 8.20. The Labute approximate surface area is 156 Å². The van der Waals surface area contributed by atoms with Crippen LogP contribution in [0.3, 0.4) is 0 Å². The van der Waals surface area contributed by atoms with Gasteiger partial charge in [0, 0.05) is 25.6 Å². The molecule has 2 unspecified atom stereocenters. The number of aryl methyl sites for hydroxylation is 1. The molecule has 0 radical (unpaired) electrons. The quantitative estimate of drug-likeness (QED) is 0.783. The summed E-state index contributed by atoms with van der Waals surface area (Å²) in [5, 5.41) is 6.04. The Balaban J connectivity index is 1.63. The van der Waals surface area contributed by atoms with E-state index in [0.29, 0.717) is 24.4 Å². The predicted octanol–water partition coefficient (Wildman–Crippen LogP) is 1.32. The molecule has 2 amide bonds. The zero-order valence-corrected chi connectivity index (χ0v) is 15.4. The maximum atomic E-state index is 13.0. The summed E-state index contributed by atoms with van der Waals surface area (Å²) >= 11 is 0. The molecule has 4 heterocycles. The largest absolute Gasteiger partial charge is 0.329 e. The Morgan fingerprint density at radius 2 is 1.78 bits per heavy atom. The van der Waals surface area contributed by atoms with Gasteiger partial charge in [0.05, 0.1) is 11.0 Å². The standard InChI is InChI=1S/C20H24N4O3/c1-23-18-14(11-9-12-5-6-13(10-11)21-12)3-2-4-15(18)24(20(23)27)16-7-8-17(25)22-19(16)26/h2-4,11-13,16,21H,5-10H2,1H3,(H,22,25,26)/t11?,12-,13+,16?. The lowest BCUT2D eigenvalue weighted by molar-refractivity contribution is -0.135. The molecule has 142 valence electrons. The number of imide groups is 1. The van der Waals surface area contributed by atoms with Crippen molar-refractivity contribution in [1.29, 1.82) is 0 Å². The van der Waals surface area contributed by atoms with Gasteiger partial charge in [-0.25, -0.2) is 4.79 Å². The van der Waals surface area contributed by atoms with Crippen LogP contribution in [0, 0.1) is 0 Å². The fraction of sp³-hybridized carbons (Fsp3) is 0.550. The van der Waals surface area contributed by atoms with E-state index in [-0.39, 0.29) is 23.9 Å². The van der Waals surface area contributed by atoms with Gasteiger partial charge in [-0.05, 0) is 49.7 Å². The first-order valence-electron chi connectivity index (χ1n) is 9.82. The van der Waals surface area contributed by atoms with Crippen molar-refractivity contribution in [3.8, 4) is 0 Å². The third-order valence-electron chi connectivity index (χ3n) is 6.57. The molecule has 27 heavy (non-hydrogen) atoms. The number of carbonyl (C=O) groups excluding carboxylic acids is 2. The van der Waals surface area contributed by atoms with Crippen molar-refractivity contribution >= 4 is 22.8 Å². The number of piperidine rings is 2. The summed E-state index contributed by atoms with van der Waals surface area (Å²) < 4.78 is 3.26. The topological polar surface area (TPSA) is 85.1 Å². The van der Waals surface area contributed by atoms with Crippen LogP contribution in [0.25, 0.3) is 11.0 Å². The number of para-hydroxylation sites is 1. The van der Waals surface area contributed by atoms with E-state index >= 15 is 0 Å². The van der Waals surface area contributed by atoms with Crippen LogP contribution in [0.1, 0.15) is 56.0 Å². The van der Waals surface area contributed by atoms with Gasteiger partial charge in [-0.15, -0.1) is 0 Å². The van der Waals surface area contributed by atoms with Gasteiger partial charge in [-0.3, -0.25) is 24.0 Å². The SMILES string of the molecule is Cn1c(=O)n(C2CCC(=O)NC2=O)c2cccc(C3C[C@H]4CC[C@@H](C3)N4)c21. The van der Waals surface area contributed by atoms with Crippen LogP contribution in [-0.2, 0) is 16.6 Å². The third kappa shape index (κ3) is 2.56. The molecule has 1 aromatic heterocycles. The van der Waals surface area contributed by atoms with Crippen LogP contribution in [0.2, 0.25) is 0 Å². The summed E-state index contributed by atoms with van der Waals surface area (Å²) in [4.78, 5) is 36.9. The molecule has 3 aliphatic rings. The minimum absolute atomic E-state index is 0.191. The number of amides is 2. The van der Waals surface area contributed by atoms with Gasteiger partial charge in [-0.1, -0.05) is 12.1 Å². The molecule has 5 rings (SSSR count). The Hall–Kier alpha value is -2.41. The molecule has 0 spiro atoms. The highest BCUT2D eigenvalue weighted by Crippen LogP contribution is 2.39. The first kappa shape index (κ1) is 16.7. The van der Waals surface area contributed by atoms with Gasteiger partial charge in [0.25, 0.3) is 0 Å². The second-order valence-electron chi connectivity index (χ2n) is 8.20. The fourth-order valence-corrected chi connectivity index (χ4v) is 5.34. The number of rotatable bonds is 2. The van der Waals surface area contributed by atoms with Gasteiger partial charge < -0.3 is 5.32 Å². The van der Waals surface area contributed by atoms with E-state index in [9.17, 15) is 14.4 Å². The van der Waals surface area contributed by atoms with Gasteiger partial charge in [0.2, 0.25) is 11.8 Å². The van der Waals surface area contributed by atoms with E-state index in [1.54, 1.807) is 16.2 Å². The lowest BCUT2D eigenvalue weighted by atomic mass is 9.85. The Bertz CT molecular complexity index is 993. The summed E-state index contributed by atoms with van der Waals surface area (Å²) in [6, 6.07) is 6.55. The van der Waals surface area contributed by atoms with Crippen molar-refractivity contribution < 1.29 is 9.59 Å². The molecule has 7 heteroatoms. The van der Waals surface area contributed by atoms with E-state index < -0.39 is 6.04 Å². The van der Waals surface area contributed by atoms with Gasteiger partial charge in [0.15, 0.2) is 0 Å². The van der Waals surface area contributed by atoms with Crippen LogP contribution in [-0.4, -0.2) is 33.0 Å². The van der Waals surface area contributed by atoms with E-state index in [0.717, 1.165) is 23.9 Å². The number of imidazole rings is 1. The van der Waals surface area contributed by atoms with Gasteiger partial charge >= 0.3 is 5.69 Å². The molecule has 2 bridgehead atoms. The average molecular weight is 368 g/mol. The highest BCUT2D eigenvalue weighted by atomic mass is 16.2. The number of benzene rings is 1. The van der Waals surface area contributed by atoms with E-state index in [1.807, 2.05) is 12.1 Å². The maximum absolute atomic E-state index is 13.0. The summed E-state index contributed by atoms with van der Waals surface area (Å²) in [7, 11) is 1.78. The summed E-state index contributed by atoms with van der Waals surface area (Å²) in [5.74, 6) is -0.225. The molecular weight excluding hydrogens is 344 g/mol. The highest BCUT2D eigenvalue weighted by Gasteiger charge is 2.36. The van der Waals surface area contributed by atoms with E-state index in [1.165, 1.54) is 18.4 Å². The summed E-state index contributed by atoms with van der Waals surface area (Å²) in [6.45, 7) is 0. The van der Waals surface area contributed by atoms with Gasteiger partial charge in [-0.2, -0.15) is 0 Å². The molecule has 0 saturated carbocycles. The minimum atomic E-state index is -0.627. The lowest BCUT2D eigenvalue weighted by Crippen LogP contribution is -2.44. The van der Waals surface area contributed by atoms with Gasteiger partial charge in [0.1, 0.15) is 6.04 Å². The minimum Gasteiger partial charge on any atom is -0.311 e. The normalized spacial score (nSPS) is 30.7. The maximum Gasteiger partial charge on any atom is 0.329 e. The fourth-order valence-electron chi connectivity index (χ4n) is 5.34. The van der Waals surface area contributed by atoms with Crippen molar-refractivity contribution in [2.45, 2.75) is 62.6 Å². The average Bonchev–Trinajstić information content (AvgIpc) is 3.12. The smallest absolute Gasteiger partial charge is 0.311 e. The molecule has 3 fully saturated rings. The number of nitrogens with zero attached hydrogens (tertiary/aromatic N) is 2. The van der Waals surface area contributed by atoms with Crippen molar-refractivity contribution in [2.24, 2.45) is 7.05 Å². The van der Waals surface area contributed by atoms with Crippen LogP contribution >= 0.6 is 0 Å². The highest BCUT2D eigenvalue weighted by molar-refractivity contribution is 6.00. The van der Waals surface area contributed by atoms with Crippen LogP contribution in [0.15, 0.2) is 23.0 Å². The summed E-state index contributed by atoms with van der Waals surface area (Å²) in [6.07, 6.45) is 5.27. The lowest BCUT2D eigenvalue weighted by Gasteiger charge is -2.30. The monoisotopic (exact) mass is 368 g/mol. The third-order valence-corrected chi connectivity index (χ3v) is 6.57. The number of hydrogen-bond acceptors (Lipinski definition) is 4. The number of carbonyl (C=O) groups is 2. The molecule has 1 aromatic carbocycles. The number of fused-ring (bicyclic) bond motifs is 3. The molecule has 3 aliphatic heterocycles. The first-order chi connectivity index (χ1) is 13.0. The molecule has 7 nitrogen and oxygen atoms in total. The second kappa shape index (κ2) is 6.05. The number of nitrogens with one attached hydrogen (secondary N) is 2. The number of aromatic nitrogens is 2. The van der Waals surface area contributed by atoms with Crippen molar-refractivity contribution in [3.63, 3.8) is 0 Å². The van der Waals surface area contributed by atoms with Crippen molar-refractivity contribution in [3.05, 3.63) is 34.2 Å². The molecule has 3 saturated heterocycles. The first-order valence-corrected chi connectivity index (χ1v) is 9.82. The molecule has 0 aliphatic carbocycles. The molecule has 2 N–H and O–H groups in total. The van der Waals surface area contributed by atoms with Crippen LogP contribution in [0.4, 0.5) is 0 Å². The van der Waals surface area contributed by atoms with E-state index in [4.69, 9.17) is 0 Å². The molecule has 4 atom stereocenters. The number of hydrogen-bond donors (Lipinski definition) is 2. The zero-order chi connectivity index (χ0) is 18.7. The predicted molar refractivity (Wildman–Crippen MR) is 101 cm³/mol. The van der Waals surface area contributed by atoms with Crippen LogP contribution < -0.4 is 16.3 Å². The summed E-state index contributed by atoms with van der Waals surface area (Å²) in [5.41, 5.74) is 2.74. The Kier molecular flexibility index (Phi) is 3.75. The van der Waals surface area contributed by atoms with E-state index in [2.05, 4.69) is 16.7 Å². The Morgan fingerprint density at radius 3 is 2.48 bits per heavy atom. The molecular formula is C20H24N4O3. The van der Waals surface area contributed by atoms with Crippen molar-refractivity contribution in [2.75, 3.05) is 0 Å². The van der Waals surface area contributed by atoms with Crippen LogP contribution in [0.5, 0.6) is 0 Å². The Morgan fingerprint density at radius 1 is 1.04 bits per heavy atom. The van der Waals surface area contributed by atoms with Crippen molar-refractivity contribution in [1.82, 2.24) is 19.8 Å². The molecule has 2 aromatic rings. The zero-order valence-electron chi connectivity index (χ0n) is 15.4.